The van der Waals surface area contributed by atoms with Crippen molar-refractivity contribution in [1.29, 1.82) is 0 Å². The van der Waals surface area contributed by atoms with E-state index in [4.69, 9.17) is 9.55 Å². The van der Waals surface area contributed by atoms with Gasteiger partial charge in [-0.15, -0.1) is 0 Å². The zero-order chi connectivity index (χ0) is 23.9. The van der Waals surface area contributed by atoms with Crippen molar-refractivity contribution < 1.29 is 17.8 Å². The third-order valence-electron chi connectivity index (χ3n) is 5.06. The first-order valence-corrected chi connectivity index (χ1v) is 12.1. The van der Waals surface area contributed by atoms with Gasteiger partial charge in [0.05, 0.1) is 17.8 Å². The minimum atomic E-state index is -4.33. The van der Waals surface area contributed by atoms with Crippen LogP contribution >= 0.6 is 0 Å². The monoisotopic (exact) mass is 459 g/mol. The second kappa shape index (κ2) is 10.7. The van der Waals surface area contributed by atoms with Gasteiger partial charge in [0.15, 0.2) is 0 Å². The molecule has 3 N–H and O–H groups in total. The number of nitrogens with one attached hydrogen (secondary N) is 2. The van der Waals surface area contributed by atoms with E-state index in [9.17, 15) is 13.2 Å². The quantitative estimate of drug-likeness (QED) is 0.376. The number of aliphatic imine (C=N–C) groups is 1. The van der Waals surface area contributed by atoms with Crippen molar-refractivity contribution in [1.82, 2.24) is 5.32 Å². The van der Waals surface area contributed by atoms with E-state index in [0.717, 1.165) is 23.3 Å². The van der Waals surface area contributed by atoms with Gasteiger partial charge in [-0.05, 0) is 43.0 Å². The highest BCUT2D eigenvalue weighted by Crippen LogP contribution is 2.22. The van der Waals surface area contributed by atoms with Crippen molar-refractivity contribution in [3.8, 4) is 0 Å². The molecule has 0 bridgehead atoms. The Kier molecular flexibility index (Phi) is 8.58. The Bertz CT molecular complexity index is 1030. The molecule has 0 aliphatic rings. The number of carbonyl (C=O) groups is 1. The number of nitrogens with zero attached hydrogens (tertiary/aromatic N) is 1. The maximum atomic E-state index is 12.7. The highest BCUT2D eigenvalue weighted by Gasteiger charge is 2.26. The molecule has 8 heteroatoms. The SMILES string of the molecule is CCC(/N=C(\C)[C@H](Cc1ccc(NS(=O)(=O)O)cc1)NC(=O)C(C)(C)C)c1ccccc1. The molecule has 2 rings (SSSR count). The summed E-state index contributed by atoms with van der Waals surface area (Å²) in [6.45, 7) is 9.59. The summed E-state index contributed by atoms with van der Waals surface area (Å²) in [6, 6.07) is 16.4. The Balaban J connectivity index is 2.30. The Morgan fingerprint density at radius 3 is 2.16 bits per heavy atom. The molecule has 0 heterocycles. The molecule has 32 heavy (non-hydrogen) atoms. The van der Waals surface area contributed by atoms with Crippen LogP contribution in [-0.4, -0.2) is 30.6 Å². The van der Waals surface area contributed by atoms with E-state index in [1.54, 1.807) is 24.3 Å². The number of hydrogen-bond donors (Lipinski definition) is 3. The van der Waals surface area contributed by atoms with Crippen LogP contribution in [0, 0.1) is 5.41 Å². The molecule has 7 nitrogen and oxygen atoms in total. The molecule has 0 radical (unpaired) electrons. The molecule has 1 amide bonds. The lowest BCUT2D eigenvalue weighted by Gasteiger charge is -2.26. The third-order valence-corrected chi connectivity index (χ3v) is 5.56. The van der Waals surface area contributed by atoms with Gasteiger partial charge in [-0.3, -0.25) is 19.1 Å². The molecule has 0 aliphatic heterocycles. The number of carbonyl (C=O) groups excluding carboxylic acids is 1. The van der Waals surface area contributed by atoms with Crippen molar-refractivity contribution >= 4 is 27.6 Å². The second-order valence-corrected chi connectivity index (χ2v) is 10.0. The van der Waals surface area contributed by atoms with Gasteiger partial charge in [-0.1, -0.05) is 70.2 Å². The predicted octanol–water partition coefficient (Wildman–Crippen LogP) is 4.59. The average molecular weight is 460 g/mol. The topological polar surface area (TPSA) is 108 Å². The fraction of sp³-hybridized carbons (Fsp3) is 0.417. The van der Waals surface area contributed by atoms with Crippen LogP contribution in [0.2, 0.25) is 0 Å². The Labute approximate surface area is 191 Å². The molecule has 0 aliphatic carbocycles. The first-order chi connectivity index (χ1) is 14.9. The molecule has 2 atom stereocenters. The summed E-state index contributed by atoms with van der Waals surface area (Å²) < 4.78 is 33.0. The number of hydrogen-bond acceptors (Lipinski definition) is 4. The number of anilines is 1. The van der Waals surface area contributed by atoms with Crippen LogP contribution in [0.3, 0.4) is 0 Å². The minimum absolute atomic E-state index is 0.00780. The molecule has 174 valence electrons. The van der Waals surface area contributed by atoms with Gasteiger partial charge in [0.25, 0.3) is 0 Å². The van der Waals surface area contributed by atoms with Crippen LogP contribution < -0.4 is 10.0 Å². The van der Waals surface area contributed by atoms with Crippen molar-refractivity contribution in [3.63, 3.8) is 0 Å². The first kappa shape index (κ1) is 25.5. The molecule has 0 aromatic heterocycles. The van der Waals surface area contributed by atoms with E-state index in [1.165, 1.54) is 0 Å². The highest BCUT2D eigenvalue weighted by atomic mass is 32.2. The summed E-state index contributed by atoms with van der Waals surface area (Å²) >= 11 is 0. The molecule has 0 saturated carbocycles. The molecular formula is C24H33N3O4S. The lowest BCUT2D eigenvalue weighted by atomic mass is 9.93. The zero-order valence-corrected chi connectivity index (χ0v) is 20.1. The van der Waals surface area contributed by atoms with Crippen molar-refractivity contribution in [2.75, 3.05) is 4.72 Å². The Morgan fingerprint density at radius 1 is 1.06 bits per heavy atom. The van der Waals surface area contributed by atoms with Gasteiger partial charge < -0.3 is 5.32 Å². The maximum absolute atomic E-state index is 12.7. The lowest BCUT2D eigenvalue weighted by Crippen LogP contribution is -2.46. The van der Waals surface area contributed by atoms with E-state index in [2.05, 4.69) is 24.4 Å². The summed E-state index contributed by atoms with van der Waals surface area (Å²) in [4.78, 5) is 17.7. The number of benzene rings is 2. The Morgan fingerprint density at radius 2 is 1.66 bits per heavy atom. The summed E-state index contributed by atoms with van der Waals surface area (Å²) in [6.07, 6.45) is 1.33. The van der Waals surface area contributed by atoms with Crippen LogP contribution in [0.15, 0.2) is 59.6 Å². The standard InChI is InChI=1S/C24H33N3O4S/c1-6-21(19-10-8-7-9-11-19)25-17(2)22(26-23(28)24(3,4)5)16-18-12-14-20(15-13-18)27-32(29,30)31/h7-15,21-22,27H,6,16H2,1-5H3,(H,26,28)(H,29,30,31)/b25-17+/t21?,22-/m0/s1. The molecule has 0 saturated heterocycles. The van der Waals surface area contributed by atoms with E-state index in [1.807, 2.05) is 50.6 Å². The van der Waals surface area contributed by atoms with Crippen molar-refractivity contribution in [3.05, 3.63) is 65.7 Å². The van der Waals surface area contributed by atoms with Gasteiger partial charge in [0.1, 0.15) is 0 Å². The molecule has 2 aromatic carbocycles. The normalized spacial score (nSPS) is 14.5. The van der Waals surface area contributed by atoms with E-state index in [0.29, 0.717) is 6.42 Å². The second-order valence-electron chi connectivity index (χ2n) is 8.86. The molecule has 1 unspecified atom stereocenters. The van der Waals surface area contributed by atoms with Crippen LogP contribution in [0.1, 0.15) is 58.2 Å². The molecule has 0 spiro atoms. The van der Waals surface area contributed by atoms with Crippen molar-refractivity contribution in [2.24, 2.45) is 10.4 Å². The van der Waals surface area contributed by atoms with Gasteiger partial charge >= 0.3 is 10.3 Å². The van der Waals surface area contributed by atoms with Crippen LogP contribution in [0.4, 0.5) is 5.69 Å². The average Bonchev–Trinajstić information content (AvgIpc) is 2.71. The van der Waals surface area contributed by atoms with E-state index >= 15 is 0 Å². The summed E-state index contributed by atoms with van der Waals surface area (Å²) in [5, 5.41) is 3.12. The molecule has 0 fully saturated rings. The summed E-state index contributed by atoms with van der Waals surface area (Å²) in [5.41, 5.74) is 2.54. The van der Waals surface area contributed by atoms with Crippen LogP contribution in [-0.2, 0) is 21.5 Å². The third kappa shape index (κ3) is 8.09. The first-order valence-electron chi connectivity index (χ1n) is 10.6. The Hall–Kier alpha value is -2.71. The van der Waals surface area contributed by atoms with Gasteiger partial charge in [0.2, 0.25) is 5.91 Å². The van der Waals surface area contributed by atoms with Gasteiger partial charge in [0, 0.05) is 11.1 Å². The number of rotatable bonds is 9. The van der Waals surface area contributed by atoms with Crippen LogP contribution in [0.5, 0.6) is 0 Å². The highest BCUT2D eigenvalue weighted by molar-refractivity contribution is 7.87. The summed E-state index contributed by atoms with van der Waals surface area (Å²) in [5.74, 6) is -0.0746. The number of amides is 1. The summed E-state index contributed by atoms with van der Waals surface area (Å²) in [7, 11) is -4.33. The fourth-order valence-electron chi connectivity index (χ4n) is 3.18. The largest absolute Gasteiger partial charge is 0.357 e. The fourth-order valence-corrected chi connectivity index (χ4v) is 3.62. The maximum Gasteiger partial charge on any atom is 0.357 e. The molecular weight excluding hydrogens is 426 g/mol. The molecule has 2 aromatic rings. The van der Waals surface area contributed by atoms with E-state index in [-0.39, 0.29) is 23.7 Å². The minimum Gasteiger partial charge on any atom is -0.347 e. The van der Waals surface area contributed by atoms with Gasteiger partial charge in [-0.25, -0.2) is 0 Å². The predicted molar refractivity (Wildman–Crippen MR) is 129 cm³/mol. The zero-order valence-electron chi connectivity index (χ0n) is 19.3. The van der Waals surface area contributed by atoms with Crippen LogP contribution in [0.25, 0.3) is 0 Å². The van der Waals surface area contributed by atoms with Crippen molar-refractivity contribution in [2.45, 2.75) is 59.5 Å². The lowest BCUT2D eigenvalue weighted by molar-refractivity contribution is -0.128. The van der Waals surface area contributed by atoms with E-state index < -0.39 is 15.7 Å². The van der Waals surface area contributed by atoms with Gasteiger partial charge in [-0.2, -0.15) is 8.42 Å². The smallest absolute Gasteiger partial charge is 0.347 e.